The Balaban J connectivity index is 1.76. The fraction of sp³-hybridized carbons (Fsp3) is 0.0588. The van der Waals surface area contributed by atoms with Crippen LogP contribution >= 0.6 is 0 Å². The van der Waals surface area contributed by atoms with Crippen molar-refractivity contribution in [1.29, 1.82) is 0 Å². The van der Waals surface area contributed by atoms with Crippen LogP contribution in [0.15, 0.2) is 59.9 Å². The first-order valence-corrected chi connectivity index (χ1v) is 9.20. The van der Waals surface area contributed by atoms with Gasteiger partial charge < -0.3 is 14.7 Å². The van der Waals surface area contributed by atoms with Crippen molar-refractivity contribution < 1.29 is 13.2 Å². The summed E-state index contributed by atoms with van der Waals surface area (Å²) in [4.78, 5) is 5.86. The van der Waals surface area contributed by atoms with Gasteiger partial charge in [-0.05, 0) is 42.5 Å². The third-order valence-corrected chi connectivity index (χ3v) is 5.24. The maximum Gasteiger partial charge on any atom is 0.277 e. The number of fused-ring (bicyclic) bond motifs is 1. The van der Waals surface area contributed by atoms with Crippen molar-refractivity contribution in [3.63, 3.8) is 0 Å². The van der Waals surface area contributed by atoms with Crippen LogP contribution in [-0.4, -0.2) is 35.7 Å². The Morgan fingerprint density at radius 3 is 2.77 bits per heavy atom. The number of hydrogen-bond donors (Lipinski definition) is 3. The predicted molar refractivity (Wildman–Crippen MR) is 97.5 cm³/mol. The quantitative estimate of drug-likeness (QED) is 0.501. The van der Waals surface area contributed by atoms with E-state index in [0.29, 0.717) is 17.1 Å². The second-order valence-corrected chi connectivity index (χ2v) is 7.22. The Morgan fingerprint density at radius 2 is 2.04 bits per heavy atom. The topological polar surface area (TPSA) is 113 Å². The van der Waals surface area contributed by atoms with Gasteiger partial charge in [-0.15, -0.1) is 5.10 Å². The number of H-pyrrole nitrogens is 2. The molecule has 132 valence electrons. The minimum atomic E-state index is -3.74. The highest BCUT2D eigenvalue weighted by molar-refractivity contribution is 7.92. The van der Waals surface area contributed by atoms with Gasteiger partial charge >= 0.3 is 0 Å². The van der Waals surface area contributed by atoms with Crippen LogP contribution in [0, 0.1) is 0 Å². The largest absolute Gasteiger partial charge is 0.495 e. The zero-order chi connectivity index (χ0) is 18.1. The van der Waals surface area contributed by atoms with Gasteiger partial charge in [-0.3, -0.25) is 4.72 Å². The van der Waals surface area contributed by atoms with Crippen LogP contribution in [0.5, 0.6) is 5.75 Å². The summed E-state index contributed by atoms with van der Waals surface area (Å²) in [5.41, 5.74) is 2.58. The summed E-state index contributed by atoms with van der Waals surface area (Å²) in [6.07, 6.45) is 3.16. The summed E-state index contributed by atoms with van der Waals surface area (Å²) in [5, 5.41) is 8.87. The Labute approximate surface area is 149 Å². The van der Waals surface area contributed by atoms with Crippen LogP contribution in [-0.2, 0) is 10.0 Å². The number of hydrogen-bond acceptors (Lipinski definition) is 5. The van der Waals surface area contributed by atoms with Gasteiger partial charge in [0.15, 0.2) is 10.7 Å². The molecule has 0 saturated carbocycles. The average Bonchev–Trinajstić information content (AvgIpc) is 3.31. The van der Waals surface area contributed by atoms with Crippen molar-refractivity contribution in [3.8, 4) is 17.0 Å². The summed E-state index contributed by atoms with van der Waals surface area (Å²) in [7, 11) is -2.26. The second kappa shape index (κ2) is 6.19. The lowest BCUT2D eigenvalue weighted by molar-refractivity contribution is 0.417. The van der Waals surface area contributed by atoms with E-state index < -0.39 is 10.0 Å². The van der Waals surface area contributed by atoms with Crippen LogP contribution in [0.1, 0.15) is 0 Å². The molecule has 1 aromatic carbocycles. The summed E-state index contributed by atoms with van der Waals surface area (Å²) in [6.45, 7) is 0. The Kier molecular flexibility index (Phi) is 3.85. The number of benzene rings is 1. The SMILES string of the molecule is COc1ccc(-c2cc3ccnnc3[nH]2)cc1NS(=O)(=O)c1ccc[nH]1. The summed E-state index contributed by atoms with van der Waals surface area (Å²) in [6, 6.07) is 12.1. The lowest BCUT2D eigenvalue weighted by Gasteiger charge is -2.12. The first kappa shape index (κ1) is 16.2. The molecule has 4 aromatic rings. The van der Waals surface area contributed by atoms with Crippen molar-refractivity contribution in [2.45, 2.75) is 5.03 Å². The molecule has 0 saturated heterocycles. The maximum atomic E-state index is 12.5. The molecule has 3 heterocycles. The number of nitrogens with one attached hydrogen (secondary N) is 3. The van der Waals surface area contributed by atoms with Gasteiger partial charge in [0.1, 0.15) is 5.75 Å². The number of ether oxygens (including phenoxy) is 1. The van der Waals surface area contributed by atoms with Crippen LogP contribution in [0.25, 0.3) is 22.3 Å². The molecule has 9 heteroatoms. The highest BCUT2D eigenvalue weighted by atomic mass is 32.2. The van der Waals surface area contributed by atoms with E-state index in [0.717, 1.165) is 16.6 Å². The summed E-state index contributed by atoms with van der Waals surface area (Å²) in [5.74, 6) is 0.416. The van der Waals surface area contributed by atoms with Gasteiger partial charge in [0.25, 0.3) is 10.0 Å². The van der Waals surface area contributed by atoms with E-state index in [1.165, 1.54) is 13.2 Å². The molecule has 0 unspecified atom stereocenters. The van der Waals surface area contributed by atoms with Crippen molar-refractivity contribution >= 4 is 26.7 Å². The number of sulfonamides is 1. The molecular formula is C17H15N5O3S. The smallest absolute Gasteiger partial charge is 0.277 e. The number of aromatic amines is 2. The van der Waals surface area contributed by atoms with Crippen LogP contribution in [0.4, 0.5) is 5.69 Å². The summed E-state index contributed by atoms with van der Waals surface area (Å²) >= 11 is 0. The summed E-state index contributed by atoms with van der Waals surface area (Å²) < 4.78 is 32.8. The molecular weight excluding hydrogens is 354 g/mol. The number of aromatic nitrogens is 4. The first-order chi connectivity index (χ1) is 12.6. The highest BCUT2D eigenvalue weighted by Gasteiger charge is 2.18. The molecule has 0 aliphatic rings. The van der Waals surface area contributed by atoms with Gasteiger partial charge in [0, 0.05) is 22.8 Å². The van der Waals surface area contributed by atoms with Gasteiger partial charge in [-0.25, -0.2) is 0 Å². The van der Waals surface area contributed by atoms with Crippen molar-refractivity contribution in [3.05, 3.63) is 54.9 Å². The van der Waals surface area contributed by atoms with Gasteiger partial charge in [0.05, 0.1) is 19.0 Å². The Hall–Kier alpha value is -3.33. The molecule has 26 heavy (non-hydrogen) atoms. The lowest BCUT2D eigenvalue weighted by Crippen LogP contribution is -2.14. The fourth-order valence-electron chi connectivity index (χ4n) is 2.67. The molecule has 0 aliphatic heterocycles. The first-order valence-electron chi connectivity index (χ1n) is 7.72. The van der Waals surface area contributed by atoms with Crippen LogP contribution in [0.2, 0.25) is 0 Å². The predicted octanol–water partition coefficient (Wildman–Crippen LogP) is 2.76. The minimum Gasteiger partial charge on any atom is -0.495 e. The van der Waals surface area contributed by atoms with E-state index in [4.69, 9.17) is 4.74 Å². The standard InChI is InChI=1S/C17H15N5O3S/c1-25-15-5-4-11(13-10-12-6-8-19-21-17(12)20-13)9-14(15)22-26(23,24)16-3-2-7-18-16/h2-10,18,22H,1H3,(H,20,21). The number of anilines is 1. The van der Waals surface area contributed by atoms with E-state index in [1.807, 2.05) is 18.2 Å². The van der Waals surface area contributed by atoms with Gasteiger partial charge in [0.2, 0.25) is 0 Å². The number of rotatable bonds is 5. The molecule has 0 aliphatic carbocycles. The third-order valence-electron chi connectivity index (χ3n) is 3.92. The highest BCUT2D eigenvalue weighted by Crippen LogP contribution is 2.32. The van der Waals surface area contributed by atoms with Crippen LogP contribution in [0.3, 0.4) is 0 Å². The number of nitrogens with zero attached hydrogens (tertiary/aromatic N) is 2. The van der Waals surface area contributed by atoms with Crippen molar-refractivity contribution in [1.82, 2.24) is 20.2 Å². The molecule has 0 bridgehead atoms. The molecule has 0 spiro atoms. The minimum absolute atomic E-state index is 0.0749. The normalized spacial score (nSPS) is 11.6. The Morgan fingerprint density at radius 1 is 1.15 bits per heavy atom. The zero-order valence-electron chi connectivity index (χ0n) is 13.7. The fourth-order valence-corrected chi connectivity index (χ4v) is 3.71. The monoisotopic (exact) mass is 369 g/mol. The second-order valence-electron chi connectivity index (χ2n) is 5.57. The van der Waals surface area contributed by atoms with E-state index in [1.54, 1.807) is 30.6 Å². The van der Waals surface area contributed by atoms with Gasteiger partial charge in [-0.2, -0.15) is 13.5 Å². The molecule has 4 rings (SSSR count). The molecule has 0 amide bonds. The molecule has 3 N–H and O–H groups in total. The molecule has 8 nitrogen and oxygen atoms in total. The van der Waals surface area contributed by atoms with E-state index in [2.05, 4.69) is 24.9 Å². The third kappa shape index (κ3) is 2.88. The lowest BCUT2D eigenvalue weighted by atomic mass is 10.1. The average molecular weight is 369 g/mol. The van der Waals surface area contributed by atoms with Crippen molar-refractivity contribution in [2.24, 2.45) is 0 Å². The van der Waals surface area contributed by atoms with E-state index >= 15 is 0 Å². The van der Waals surface area contributed by atoms with Crippen molar-refractivity contribution in [2.75, 3.05) is 11.8 Å². The molecule has 0 atom stereocenters. The molecule has 0 fully saturated rings. The zero-order valence-corrected chi connectivity index (χ0v) is 14.5. The molecule has 0 radical (unpaired) electrons. The van der Waals surface area contributed by atoms with Gasteiger partial charge in [-0.1, -0.05) is 0 Å². The van der Waals surface area contributed by atoms with Crippen LogP contribution < -0.4 is 9.46 Å². The molecule has 3 aromatic heterocycles. The van der Waals surface area contributed by atoms with E-state index in [9.17, 15) is 8.42 Å². The van der Waals surface area contributed by atoms with E-state index in [-0.39, 0.29) is 5.03 Å². The maximum absolute atomic E-state index is 12.5. The number of methoxy groups -OCH3 is 1. The Bertz CT molecular complexity index is 1130.